The maximum absolute atomic E-state index is 11.6. The highest BCUT2D eigenvalue weighted by Crippen LogP contribution is 1.99. The number of nitrogens with one attached hydrogen (secondary N) is 2. The lowest BCUT2D eigenvalue weighted by Crippen LogP contribution is -2.40. The van der Waals surface area contributed by atoms with Gasteiger partial charge in [-0.3, -0.25) is 4.79 Å². The molecule has 2 atom stereocenters. The van der Waals surface area contributed by atoms with Crippen LogP contribution in [0.25, 0.3) is 0 Å². The fourth-order valence-corrected chi connectivity index (χ4v) is 1.20. The summed E-state index contributed by atoms with van der Waals surface area (Å²) in [4.78, 5) is 11.6. The number of carbonyl (C=O) groups excluding carboxylic acids is 1. The van der Waals surface area contributed by atoms with E-state index in [0.29, 0.717) is 13.0 Å². The van der Waals surface area contributed by atoms with Gasteiger partial charge in [-0.2, -0.15) is 5.26 Å². The highest BCUT2D eigenvalue weighted by molar-refractivity contribution is 5.78. The van der Waals surface area contributed by atoms with Crippen LogP contribution in [0.1, 0.15) is 33.6 Å². The molecule has 0 saturated carbocycles. The molecule has 0 heterocycles. The fraction of sp³-hybridized carbons (Fsp3) is 0.818. The van der Waals surface area contributed by atoms with Crippen molar-refractivity contribution in [2.45, 2.75) is 39.7 Å². The van der Waals surface area contributed by atoms with Gasteiger partial charge in [0.2, 0.25) is 5.91 Å². The second kappa shape index (κ2) is 8.25. The molecule has 0 aromatic heterocycles. The third kappa shape index (κ3) is 6.08. The van der Waals surface area contributed by atoms with Gasteiger partial charge in [0.15, 0.2) is 0 Å². The van der Waals surface area contributed by atoms with Crippen molar-refractivity contribution in [2.75, 3.05) is 13.1 Å². The molecule has 4 nitrogen and oxygen atoms in total. The molecule has 1 amide bonds. The minimum absolute atomic E-state index is 0.00780. The molecule has 0 fully saturated rings. The third-order valence-corrected chi connectivity index (χ3v) is 2.32. The Kier molecular flexibility index (Phi) is 7.65. The average Bonchev–Trinajstić information content (AvgIpc) is 2.24. The van der Waals surface area contributed by atoms with Gasteiger partial charge in [0.05, 0.1) is 12.5 Å². The molecule has 0 aromatic carbocycles. The van der Waals surface area contributed by atoms with Crippen LogP contribution in [0.15, 0.2) is 0 Å². The van der Waals surface area contributed by atoms with Crippen molar-refractivity contribution < 1.29 is 4.79 Å². The molecule has 86 valence electrons. The summed E-state index contributed by atoms with van der Waals surface area (Å²) in [6, 6.07) is 2.07. The van der Waals surface area contributed by atoms with Crippen LogP contribution < -0.4 is 10.6 Å². The average molecular weight is 211 g/mol. The Morgan fingerprint density at radius 3 is 2.60 bits per heavy atom. The van der Waals surface area contributed by atoms with Crippen LogP contribution >= 0.6 is 0 Å². The molecule has 4 heteroatoms. The smallest absolute Gasteiger partial charge is 0.224 e. The number of nitriles is 1. The van der Waals surface area contributed by atoms with E-state index >= 15 is 0 Å². The van der Waals surface area contributed by atoms with Gasteiger partial charge in [0, 0.05) is 18.5 Å². The normalized spacial score (nSPS) is 14.0. The van der Waals surface area contributed by atoms with E-state index in [1.807, 2.05) is 20.8 Å². The largest absolute Gasteiger partial charge is 0.352 e. The van der Waals surface area contributed by atoms with Crippen molar-refractivity contribution in [2.24, 2.45) is 5.92 Å². The number of rotatable bonds is 7. The molecular formula is C11H21N3O. The first-order valence-corrected chi connectivity index (χ1v) is 5.53. The molecule has 15 heavy (non-hydrogen) atoms. The lowest BCUT2D eigenvalue weighted by molar-refractivity contribution is -0.125. The van der Waals surface area contributed by atoms with Crippen LogP contribution in [-0.2, 0) is 4.79 Å². The van der Waals surface area contributed by atoms with Crippen LogP contribution in [0.2, 0.25) is 0 Å². The molecule has 0 aromatic rings. The van der Waals surface area contributed by atoms with Crippen molar-refractivity contribution in [3.63, 3.8) is 0 Å². The van der Waals surface area contributed by atoms with Gasteiger partial charge >= 0.3 is 0 Å². The van der Waals surface area contributed by atoms with Crippen molar-refractivity contribution >= 4 is 5.91 Å². The molecule has 2 unspecified atom stereocenters. The highest BCUT2D eigenvalue weighted by Gasteiger charge is 2.15. The third-order valence-electron chi connectivity index (χ3n) is 2.32. The molecule has 0 aliphatic rings. The lowest BCUT2D eigenvalue weighted by atomic mass is 10.1. The van der Waals surface area contributed by atoms with Crippen LogP contribution in [0.3, 0.4) is 0 Å². The maximum Gasteiger partial charge on any atom is 0.224 e. The van der Waals surface area contributed by atoms with Gasteiger partial charge in [-0.15, -0.1) is 0 Å². The van der Waals surface area contributed by atoms with E-state index in [4.69, 9.17) is 5.26 Å². The molecule has 0 bridgehead atoms. The van der Waals surface area contributed by atoms with Gasteiger partial charge in [0.25, 0.3) is 0 Å². The molecule has 0 aliphatic carbocycles. The summed E-state index contributed by atoms with van der Waals surface area (Å²) in [5.41, 5.74) is 0. The monoisotopic (exact) mass is 211 g/mol. The number of hydrogen-bond donors (Lipinski definition) is 2. The Balaban J connectivity index is 3.93. The van der Waals surface area contributed by atoms with Gasteiger partial charge in [0.1, 0.15) is 0 Å². The van der Waals surface area contributed by atoms with Gasteiger partial charge in [-0.25, -0.2) is 0 Å². The van der Waals surface area contributed by atoms with Gasteiger partial charge in [-0.1, -0.05) is 20.8 Å². The molecule has 0 radical (unpaired) electrons. The summed E-state index contributed by atoms with van der Waals surface area (Å²) in [5, 5.41) is 14.5. The number of amides is 1. The van der Waals surface area contributed by atoms with Crippen molar-refractivity contribution in [1.29, 1.82) is 5.26 Å². The standard InChI is InChI=1S/C11H21N3O/c1-4-10(6-7-12)14-11(15)9(3)8-13-5-2/h9-10,13H,4-6,8H2,1-3H3,(H,14,15). The van der Waals surface area contributed by atoms with Crippen LogP contribution in [0.4, 0.5) is 0 Å². The molecule has 0 aliphatic heterocycles. The zero-order valence-corrected chi connectivity index (χ0v) is 9.84. The van der Waals surface area contributed by atoms with E-state index in [-0.39, 0.29) is 17.9 Å². The first-order chi connectivity index (χ1) is 7.15. The number of nitrogens with zero attached hydrogens (tertiary/aromatic N) is 1. The van der Waals surface area contributed by atoms with Crippen LogP contribution in [0.5, 0.6) is 0 Å². The summed E-state index contributed by atoms with van der Waals surface area (Å²) in [6.45, 7) is 7.42. The molecule has 2 N–H and O–H groups in total. The van der Waals surface area contributed by atoms with E-state index in [0.717, 1.165) is 13.0 Å². The van der Waals surface area contributed by atoms with Crippen molar-refractivity contribution in [3.8, 4) is 6.07 Å². The molecule has 0 rings (SSSR count). The van der Waals surface area contributed by atoms with Gasteiger partial charge < -0.3 is 10.6 Å². The Morgan fingerprint density at radius 2 is 2.13 bits per heavy atom. The second-order valence-corrected chi connectivity index (χ2v) is 3.68. The van der Waals surface area contributed by atoms with Gasteiger partial charge in [-0.05, 0) is 13.0 Å². The van der Waals surface area contributed by atoms with E-state index in [1.165, 1.54) is 0 Å². The quantitative estimate of drug-likeness (QED) is 0.661. The van der Waals surface area contributed by atoms with E-state index in [9.17, 15) is 4.79 Å². The molecule has 0 saturated heterocycles. The first-order valence-electron chi connectivity index (χ1n) is 5.53. The lowest BCUT2D eigenvalue weighted by Gasteiger charge is -2.17. The first kappa shape index (κ1) is 13.9. The Morgan fingerprint density at radius 1 is 1.47 bits per heavy atom. The number of carbonyl (C=O) groups is 1. The molecular weight excluding hydrogens is 190 g/mol. The van der Waals surface area contributed by atoms with E-state index in [1.54, 1.807) is 0 Å². The predicted molar refractivity (Wildman–Crippen MR) is 60.2 cm³/mol. The van der Waals surface area contributed by atoms with E-state index in [2.05, 4.69) is 16.7 Å². The van der Waals surface area contributed by atoms with E-state index < -0.39 is 0 Å². The fourth-order valence-electron chi connectivity index (χ4n) is 1.20. The summed E-state index contributed by atoms with van der Waals surface area (Å²) in [7, 11) is 0. The summed E-state index contributed by atoms with van der Waals surface area (Å²) < 4.78 is 0. The van der Waals surface area contributed by atoms with Crippen LogP contribution in [0, 0.1) is 17.2 Å². The number of hydrogen-bond acceptors (Lipinski definition) is 3. The van der Waals surface area contributed by atoms with Crippen molar-refractivity contribution in [3.05, 3.63) is 0 Å². The van der Waals surface area contributed by atoms with Crippen molar-refractivity contribution in [1.82, 2.24) is 10.6 Å². The Hall–Kier alpha value is -1.08. The SMILES string of the molecule is CCNCC(C)C(=O)NC(CC)CC#N. The zero-order valence-electron chi connectivity index (χ0n) is 9.84. The summed E-state index contributed by atoms with van der Waals surface area (Å²) >= 11 is 0. The molecule has 0 spiro atoms. The topological polar surface area (TPSA) is 64.9 Å². The second-order valence-electron chi connectivity index (χ2n) is 3.68. The minimum atomic E-state index is -0.0438. The summed E-state index contributed by atoms with van der Waals surface area (Å²) in [6.07, 6.45) is 1.18. The Bertz CT molecular complexity index is 222. The maximum atomic E-state index is 11.6. The highest BCUT2D eigenvalue weighted by atomic mass is 16.1. The minimum Gasteiger partial charge on any atom is -0.352 e. The Labute approximate surface area is 92.0 Å². The summed E-state index contributed by atoms with van der Waals surface area (Å²) in [5.74, 6) is -0.0178. The van der Waals surface area contributed by atoms with Crippen LogP contribution in [-0.4, -0.2) is 25.0 Å². The zero-order chi connectivity index (χ0) is 11.7. The predicted octanol–water partition coefficient (Wildman–Crippen LogP) is 1.04.